The third kappa shape index (κ3) is 11.6. The molecule has 0 aliphatic rings. The van der Waals surface area contributed by atoms with Gasteiger partial charge in [0.1, 0.15) is 0 Å². The van der Waals surface area contributed by atoms with Crippen LogP contribution >= 0.6 is 0 Å². The summed E-state index contributed by atoms with van der Waals surface area (Å²) in [7, 11) is 0. The Hall–Kier alpha value is -1.49. The average molecular weight is 276 g/mol. The standard InChI is InChI=1S/C18H28O2/c1-6-13-20-18(19)14-17(5)12-8-11-16(4)10-7-9-15(2)3/h1,8,12,14-16H,7,9-11,13H2,2-5H3/b12-8?,17-14+. The Morgan fingerprint density at radius 1 is 1.30 bits per heavy atom. The first-order valence-electron chi connectivity index (χ1n) is 7.40. The average Bonchev–Trinajstić information content (AvgIpc) is 2.35. The van der Waals surface area contributed by atoms with Gasteiger partial charge < -0.3 is 4.74 Å². The number of rotatable bonds is 9. The van der Waals surface area contributed by atoms with Crippen LogP contribution in [0.15, 0.2) is 23.8 Å². The van der Waals surface area contributed by atoms with Crippen molar-refractivity contribution >= 4 is 5.97 Å². The molecule has 0 aromatic carbocycles. The molecule has 0 saturated heterocycles. The molecule has 0 aliphatic carbocycles. The minimum absolute atomic E-state index is 0.0270. The predicted molar refractivity (Wildman–Crippen MR) is 85.2 cm³/mol. The Kier molecular flexibility index (Phi) is 10.5. The molecular formula is C18H28O2. The van der Waals surface area contributed by atoms with E-state index in [0.29, 0.717) is 5.92 Å². The van der Waals surface area contributed by atoms with E-state index >= 15 is 0 Å². The number of hydrogen-bond acceptors (Lipinski definition) is 2. The minimum atomic E-state index is -0.380. The lowest BCUT2D eigenvalue weighted by Crippen LogP contribution is -2.01. The number of allylic oxidation sites excluding steroid dienone is 3. The van der Waals surface area contributed by atoms with Gasteiger partial charge in [0.15, 0.2) is 6.61 Å². The Bertz CT molecular complexity index is 369. The molecular weight excluding hydrogens is 248 g/mol. The number of carbonyl (C=O) groups excluding carboxylic acids is 1. The zero-order valence-electron chi connectivity index (χ0n) is 13.3. The Balaban J connectivity index is 3.95. The topological polar surface area (TPSA) is 26.3 Å². The summed E-state index contributed by atoms with van der Waals surface area (Å²) >= 11 is 0. The fourth-order valence-corrected chi connectivity index (χ4v) is 1.87. The van der Waals surface area contributed by atoms with Gasteiger partial charge in [-0.1, -0.05) is 58.1 Å². The van der Waals surface area contributed by atoms with E-state index in [2.05, 4.69) is 32.8 Å². The highest BCUT2D eigenvalue weighted by atomic mass is 16.5. The Labute approximate surface area is 124 Å². The normalized spacial score (nSPS) is 13.5. The van der Waals surface area contributed by atoms with Gasteiger partial charge in [-0.05, 0) is 30.8 Å². The highest BCUT2D eigenvalue weighted by Crippen LogP contribution is 2.15. The van der Waals surface area contributed by atoms with Crippen molar-refractivity contribution < 1.29 is 9.53 Å². The first kappa shape index (κ1) is 18.5. The van der Waals surface area contributed by atoms with E-state index < -0.39 is 0 Å². The van der Waals surface area contributed by atoms with Gasteiger partial charge in [-0.25, -0.2) is 4.79 Å². The second-order valence-electron chi connectivity index (χ2n) is 5.77. The van der Waals surface area contributed by atoms with Gasteiger partial charge in [0, 0.05) is 6.08 Å². The molecule has 0 saturated carbocycles. The Morgan fingerprint density at radius 2 is 2.00 bits per heavy atom. The van der Waals surface area contributed by atoms with E-state index in [1.54, 1.807) is 0 Å². The lowest BCUT2D eigenvalue weighted by atomic mass is 9.97. The second-order valence-corrected chi connectivity index (χ2v) is 5.77. The van der Waals surface area contributed by atoms with Crippen molar-refractivity contribution in [1.29, 1.82) is 0 Å². The molecule has 2 heteroatoms. The second kappa shape index (κ2) is 11.3. The van der Waals surface area contributed by atoms with Crippen molar-refractivity contribution in [3.63, 3.8) is 0 Å². The summed E-state index contributed by atoms with van der Waals surface area (Å²) in [5, 5.41) is 0. The van der Waals surface area contributed by atoms with Crippen LogP contribution in [0.25, 0.3) is 0 Å². The van der Waals surface area contributed by atoms with Crippen LogP contribution in [0.3, 0.4) is 0 Å². The van der Waals surface area contributed by atoms with Crippen LogP contribution in [0.1, 0.15) is 53.4 Å². The summed E-state index contributed by atoms with van der Waals surface area (Å²) in [4.78, 5) is 11.3. The van der Waals surface area contributed by atoms with E-state index in [9.17, 15) is 4.79 Å². The number of terminal acetylenes is 1. The maximum absolute atomic E-state index is 11.3. The summed E-state index contributed by atoms with van der Waals surface area (Å²) in [6.07, 6.45) is 15.5. The Morgan fingerprint density at radius 3 is 2.60 bits per heavy atom. The van der Waals surface area contributed by atoms with Crippen molar-refractivity contribution in [2.75, 3.05) is 6.61 Å². The maximum atomic E-state index is 11.3. The van der Waals surface area contributed by atoms with Crippen molar-refractivity contribution in [3.8, 4) is 12.3 Å². The van der Waals surface area contributed by atoms with Gasteiger partial charge in [0.05, 0.1) is 0 Å². The fraction of sp³-hybridized carbons (Fsp3) is 0.611. The lowest BCUT2D eigenvalue weighted by molar-refractivity contribution is -0.136. The molecule has 0 aromatic rings. The summed E-state index contributed by atoms with van der Waals surface area (Å²) in [6.45, 7) is 8.71. The van der Waals surface area contributed by atoms with Crippen molar-refractivity contribution in [3.05, 3.63) is 23.8 Å². The predicted octanol–water partition coefficient (Wildman–Crippen LogP) is 4.52. The molecule has 0 radical (unpaired) electrons. The minimum Gasteiger partial charge on any atom is -0.449 e. The van der Waals surface area contributed by atoms with Crippen molar-refractivity contribution in [1.82, 2.24) is 0 Å². The molecule has 1 unspecified atom stereocenters. The molecule has 0 rings (SSSR count). The number of hydrogen-bond donors (Lipinski definition) is 0. The molecule has 2 nitrogen and oxygen atoms in total. The molecule has 0 bridgehead atoms. The largest absolute Gasteiger partial charge is 0.449 e. The van der Waals surface area contributed by atoms with Crippen LogP contribution in [-0.4, -0.2) is 12.6 Å². The number of ether oxygens (including phenoxy) is 1. The van der Waals surface area contributed by atoms with Gasteiger partial charge in [0.25, 0.3) is 0 Å². The molecule has 0 amide bonds. The summed E-state index contributed by atoms with van der Waals surface area (Å²) in [5.74, 6) is 3.36. The molecule has 1 atom stereocenters. The van der Waals surface area contributed by atoms with Gasteiger partial charge in [-0.15, -0.1) is 6.42 Å². The smallest absolute Gasteiger partial charge is 0.331 e. The molecule has 0 N–H and O–H groups in total. The monoisotopic (exact) mass is 276 g/mol. The van der Waals surface area contributed by atoms with Crippen LogP contribution in [0.4, 0.5) is 0 Å². The highest BCUT2D eigenvalue weighted by molar-refractivity contribution is 5.83. The maximum Gasteiger partial charge on any atom is 0.331 e. The van der Waals surface area contributed by atoms with Crippen LogP contribution < -0.4 is 0 Å². The van der Waals surface area contributed by atoms with Crippen LogP contribution in [0.2, 0.25) is 0 Å². The van der Waals surface area contributed by atoms with Crippen molar-refractivity contribution in [2.24, 2.45) is 11.8 Å². The van der Waals surface area contributed by atoms with E-state index in [1.165, 1.54) is 25.3 Å². The molecule has 0 fully saturated rings. The first-order valence-corrected chi connectivity index (χ1v) is 7.40. The molecule has 0 aromatic heterocycles. The van der Waals surface area contributed by atoms with E-state index in [4.69, 9.17) is 11.2 Å². The van der Waals surface area contributed by atoms with Crippen molar-refractivity contribution in [2.45, 2.75) is 53.4 Å². The molecule has 20 heavy (non-hydrogen) atoms. The SMILES string of the molecule is C#CCOC(=O)/C=C(\C)C=CCC(C)CCCC(C)C. The van der Waals surface area contributed by atoms with Crippen LogP contribution in [0, 0.1) is 24.2 Å². The third-order valence-corrected chi connectivity index (χ3v) is 3.04. The van der Waals surface area contributed by atoms with Gasteiger partial charge in [0.2, 0.25) is 0 Å². The summed E-state index contributed by atoms with van der Waals surface area (Å²) < 4.78 is 4.78. The van der Waals surface area contributed by atoms with E-state index in [-0.39, 0.29) is 12.6 Å². The zero-order valence-corrected chi connectivity index (χ0v) is 13.3. The molecule has 0 heterocycles. The summed E-state index contributed by atoms with van der Waals surface area (Å²) in [6, 6.07) is 0. The number of esters is 1. The van der Waals surface area contributed by atoms with Gasteiger partial charge in [-0.3, -0.25) is 0 Å². The van der Waals surface area contributed by atoms with Gasteiger partial charge >= 0.3 is 5.97 Å². The third-order valence-electron chi connectivity index (χ3n) is 3.04. The fourth-order valence-electron chi connectivity index (χ4n) is 1.87. The quantitative estimate of drug-likeness (QED) is 0.268. The molecule has 0 spiro atoms. The van der Waals surface area contributed by atoms with E-state index in [0.717, 1.165) is 17.9 Å². The highest BCUT2D eigenvalue weighted by Gasteiger charge is 2.01. The zero-order chi connectivity index (χ0) is 15.4. The van der Waals surface area contributed by atoms with Crippen LogP contribution in [-0.2, 0) is 9.53 Å². The summed E-state index contributed by atoms with van der Waals surface area (Å²) in [5.41, 5.74) is 0.890. The molecule has 0 aliphatic heterocycles. The van der Waals surface area contributed by atoms with E-state index in [1.807, 2.05) is 13.0 Å². The molecule has 112 valence electrons. The van der Waals surface area contributed by atoms with Crippen LogP contribution in [0.5, 0.6) is 0 Å². The van der Waals surface area contributed by atoms with Gasteiger partial charge in [-0.2, -0.15) is 0 Å². The number of carbonyl (C=O) groups is 1. The first-order chi connectivity index (χ1) is 9.45. The lowest BCUT2D eigenvalue weighted by Gasteiger charge is -2.09.